The molecule has 0 saturated carbocycles. The molecule has 6 nitrogen and oxygen atoms in total. The summed E-state index contributed by atoms with van der Waals surface area (Å²) >= 11 is 7.40. The molecule has 0 saturated heterocycles. The number of nitrogens with two attached hydrogens (primary N) is 1. The largest absolute Gasteiger partial charge is 0.370 e. The van der Waals surface area contributed by atoms with Crippen molar-refractivity contribution in [1.82, 2.24) is 9.55 Å². The molecule has 0 spiro atoms. The molecule has 0 atom stereocenters. The second kappa shape index (κ2) is 9.95. The first-order valence-electron chi connectivity index (χ1n) is 9.52. The van der Waals surface area contributed by atoms with Crippen molar-refractivity contribution >= 4 is 51.9 Å². The molecule has 30 heavy (non-hydrogen) atoms. The van der Waals surface area contributed by atoms with Crippen LogP contribution in [-0.2, 0) is 16.1 Å². The smallest absolute Gasteiger partial charge is 0.237 e. The maximum Gasteiger partial charge on any atom is 0.237 e. The van der Waals surface area contributed by atoms with Crippen molar-refractivity contribution in [1.29, 1.82) is 0 Å². The average molecular weight is 449 g/mol. The number of nitrogens with zero attached hydrogens (tertiary/aromatic N) is 3. The van der Waals surface area contributed by atoms with Crippen LogP contribution in [0.15, 0.2) is 47.6 Å². The Hall–Kier alpha value is -2.58. The molecule has 0 aliphatic rings. The first-order chi connectivity index (χ1) is 14.4. The van der Waals surface area contributed by atoms with Crippen LogP contribution in [0.4, 0.5) is 10.1 Å². The normalized spacial score (nSPS) is 11.0. The molecule has 3 rings (SSSR count). The van der Waals surface area contributed by atoms with Crippen LogP contribution in [0.1, 0.15) is 19.8 Å². The van der Waals surface area contributed by atoms with E-state index in [1.807, 2.05) is 12.1 Å². The van der Waals surface area contributed by atoms with Crippen molar-refractivity contribution in [2.45, 2.75) is 31.5 Å². The number of aryl methyl sites for hydroxylation is 1. The highest BCUT2D eigenvalue weighted by Crippen LogP contribution is 2.27. The van der Waals surface area contributed by atoms with Gasteiger partial charge >= 0.3 is 0 Å². The second-order valence-electron chi connectivity index (χ2n) is 6.71. The first kappa shape index (κ1) is 22.1. The lowest BCUT2D eigenvalue weighted by molar-refractivity contribution is -0.118. The molecular formula is C21H22ClFN4O2S. The molecule has 0 bridgehead atoms. The van der Waals surface area contributed by atoms with Crippen molar-refractivity contribution in [3.8, 4) is 0 Å². The van der Waals surface area contributed by atoms with E-state index in [-0.39, 0.29) is 24.6 Å². The van der Waals surface area contributed by atoms with Crippen LogP contribution >= 0.6 is 23.4 Å². The van der Waals surface area contributed by atoms with Crippen LogP contribution in [0.25, 0.3) is 11.0 Å². The Morgan fingerprint density at radius 1 is 1.23 bits per heavy atom. The molecule has 158 valence electrons. The minimum atomic E-state index is -0.510. The summed E-state index contributed by atoms with van der Waals surface area (Å²) in [6.45, 7) is 2.96. The van der Waals surface area contributed by atoms with Gasteiger partial charge in [0.2, 0.25) is 11.8 Å². The summed E-state index contributed by atoms with van der Waals surface area (Å²) in [4.78, 5) is 30.3. The fourth-order valence-electron chi connectivity index (χ4n) is 3.08. The number of primary amides is 1. The van der Waals surface area contributed by atoms with Gasteiger partial charge in [-0.15, -0.1) is 0 Å². The van der Waals surface area contributed by atoms with Crippen LogP contribution in [0, 0.1) is 5.82 Å². The molecular weight excluding hydrogens is 427 g/mol. The van der Waals surface area contributed by atoms with E-state index in [1.54, 1.807) is 6.07 Å². The predicted octanol–water partition coefficient (Wildman–Crippen LogP) is 4.24. The number of rotatable bonds is 9. The standard InChI is InChI=1S/C21H22ClFN4O2S/c1-2-10-27-18-8-3-14(22)12-17(18)25-21(27)30-13-20(29)26(11-9-19(24)28)16-6-4-15(23)5-7-16/h3-8,12H,2,9-11,13H2,1H3,(H2,24,28). The quantitative estimate of drug-likeness (QED) is 0.496. The van der Waals surface area contributed by atoms with E-state index in [0.717, 1.165) is 29.2 Å². The number of hydrogen-bond donors (Lipinski definition) is 1. The highest BCUT2D eigenvalue weighted by molar-refractivity contribution is 7.99. The maximum absolute atomic E-state index is 13.3. The van der Waals surface area contributed by atoms with Gasteiger partial charge in [-0.05, 0) is 48.9 Å². The second-order valence-corrected chi connectivity index (χ2v) is 8.08. The van der Waals surface area contributed by atoms with Crippen LogP contribution in [0.2, 0.25) is 5.02 Å². The number of hydrogen-bond acceptors (Lipinski definition) is 4. The van der Waals surface area contributed by atoms with Crippen molar-refractivity contribution in [2.75, 3.05) is 17.2 Å². The number of fused-ring (bicyclic) bond motifs is 1. The van der Waals surface area contributed by atoms with Crippen LogP contribution in [0.5, 0.6) is 0 Å². The van der Waals surface area contributed by atoms with Gasteiger partial charge in [0, 0.05) is 30.2 Å². The number of anilines is 1. The van der Waals surface area contributed by atoms with Crippen LogP contribution < -0.4 is 10.6 Å². The molecule has 0 fully saturated rings. The first-order valence-corrected chi connectivity index (χ1v) is 10.9. The Morgan fingerprint density at radius 3 is 2.63 bits per heavy atom. The third kappa shape index (κ3) is 5.31. The molecule has 2 N–H and O–H groups in total. The summed E-state index contributed by atoms with van der Waals surface area (Å²) in [6.07, 6.45) is 0.927. The number of amides is 2. The Morgan fingerprint density at radius 2 is 1.97 bits per heavy atom. The summed E-state index contributed by atoms with van der Waals surface area (Å²) in [7, 11) is 0. The number of aromatic nitrogens is 2. The highest BCUT2D eigenvalue weighted by Gasteiger charge is 2.19. The Labute approximate surface area is 183 Å². The molecule has 0 aliphatic carbocycles. The van der Waals surface area contributed by atoms with Crippen molar-refractivity contribution in [3.63, 3.8) is 0 Å². The number of halogens is 2. The Bertz CT molecular complexity index is 1060. The molecule has 2 aromatic carbocycles. The van der Waals surface area contributed by atoms with Gasteiger partial charge in [-0.25, -0.2) is 9.37 Å². The van der Waals surface area contributed by atoms with Crippen LogP contribution in [-0.4, -0.2) is 33.7 Å². The monoisotopic (exact) mass is 448 g/mol. The minimum Gasteiger partial charge on any atom is -0.370 e. The van der Waals surface area contributed by atoms with Gasteiger partial charge in [-0.1, -0.05) is 30.3 Å². The van der Waals surface area contributed by atoms with E-state index in [9.17, 15) is 14.0 Å². The van der Waals surface area contributed by atoms with E-state index in [2.05, 4.69) is 16.5 Å². The zero-order valence-electron chi connectivity index (χ0n) is 16.5. The van der Waals surface area contributed by atoms with Crippen molar-refractivity contribution in [2.24, 2.45) is 5.73 Å². The average Bonchev–Trinajstić information content (AvgIpc) is 3.04. The van der Waals surface area contributed by atoms with Crippen molar-refractivity contribution in [3.05, 3.63) is 53.3 Å². The Balaban J connectivity index is 1.81. The molecule has 2 amide bonds. The molecule has 0 aliphatic heterocycles. The van der Waals surface area contributed by atoms with Gasteiger partial charge in [-0.2, -0.15) is 0 Å². The fourth-order valence-corrected chi connectivity index (χ4v) is 4.16. The van der Waals surface area contributed by atoms with Gasteiger partial charge in [0.05, 0.1) is 16.8 Å². The third-order valence-electron chi connectivity index (χ3n) is 4.47. The van der Waals surface area contributed by atoms with E-state index in [0.29, 0.717) is 10.7 Å². The Kier molecular flexibility index (Phi) is 7.33. The summed E-state index contributed by atoms with van der Waals surface area (Å²) in [5.41, 5.74) is 7.49. The summed E-state index contributed by atoms with van der Waals surface area (Å²) in [5.74, 6) is -1.02. The van der Waals surface area contributed by atoms with Crippen LogP contribution in [0.3, 0.4) is 0 Å². The van der Waals surface area contributed by atoms with E-state index in [4.69, 9.17) is 17.3 Å². The third-order valence-corrected chi connectivity index (χ3v) is 5.66. The number of carbonyl (C=O) groups is 2. The molecule has 3 aromatic rings. The molecule has 0 radical (unpaired) electrons. The summed E-state index contributed by atoms with van der Waals surface area (Å²) in [5, 5.41) is 1.32. The molecule has 9 heteroatoms. The van der Waals surface area contributed by atoms with Gasteiger partial charge < -0.3 is 15.2 Å². The van der Waals surface area contributed by atoms with Gasteiger partial charge in [-0.3, -0.25) is 9.59 Å². The molecule has 0 unspecified atom stereocenters. The summed E-state index contributed by atoms with van der Waals surface area (Å²) < 4.78 is 15.3. The van der Waals surface area contributed by atoms with Gasteiger partial charge in [0.1, 0.15) is 5.82 Å². The number of imidazole rings is 1. The van der Waals surface area contributed by atoms with E-state index >= 15 is 0 Å². The SMILES string of the molecule is CCCn1c(SCC(=O)N(CCC(N)=O)c2ccc(F)cc2)nc2cc(Cl)ccc21. The van der Waals surface area contributed by atoms with E-state index < -0.39 is 11.7 Å². The maximum atomic E-state index is 13.3. The zero-order chi connectivity index (χ0) is 21.7. The molecule has 1 heterocycles. The number of carbonyl (C=O) groups excluding carboxylic acids is 2. The zero-order valence-corrected chi connectivity index (χ0v) is 18.0. The minimum absolute atomic E-state index is 0.0145. The number of thioether (sulfide) groups is 1. The van der Waals surface area contributed by atoms with Gasteiger partial charge in [0.25, 0.3) is 0 Å². The lowest BCUT2D eigenvalue weighted by Gasteiger charge is -2.22. The lowest BCUT2D eigenvalue weighted by Crippen LogP contribution is -2.35. The van der Waals surface area contributed by atoms with E-state index in [1.165, 1.54) is 40.9 Å². The molecule has 1 aromatic heterocycles. The topological polar surface area (TPSA) is 81.2 Å². The fraction of sp³-hybridized carbons (Fsp3) is 0.286. The predicted molar refractivity (Wildman–Crippen MR) is 118 cm³/mol. The van der Waals surface area contributed by atoms with Gasteiger partial charge in [0.15, 0.2) is 5.16 Å². The highest BCUT2D eigenvalue weighted by atomic mass is 35.5. The lowest BCUT2D eigenvalue weighted by atomic mass is 10.2. The van der Waals surface area contributed by atoms with Crippen molar-refractivity contribution < 1.29 is 14.0 Å². The summed E-state index contributed by atoms with van der Waals surface area (Å²) in [6, 6.07) is 11.1. The number of benzene rings is 2.